The van der Waals surface area contributed by atoms with Crippen LogP contribution in [0.25, 0.3) is 11.6 Å². The first-order valence-corrected chi connectivity index (χ1v) is 9.84. The largest absolute Gasteiger partial charge is 0.379 e. The summed E-state index contributed by atoms with van der Waals surface area (Å²) in [6.45, 7) is 10.0. The Kier molecular flexibility index (Phi) is 7.74. The van der Waals surface area contributed by atoms with Gasteiger partial charge >= 0.3 is 0 Å². The lowest BCUT2D eigenvalue weighted by atomic mass is 10.2. The third kappa shape index (κ3) is 6.00. The van der Waals surface area contributed by atoms with Gasteiger partial charge in [0.25, 0.3) is 5.89 Å². The minimum Gasteiger partial charge on any atom is -0.379 e. The van der Waals surface area contributed by atoms with Gasteiger partial charge in [0.05, 0.1) is 19.8 Å². The lowest BCUT2D eigenvalue weighted by Crippen LogP contribution is -2.44. The van der Waals surface area contributed by atoms with Gasteiger partial charge in [0.1, 0.15) is 5.69 Å². The van der Waals surface area contributed by atoms with Crippen molar-refractivity contribution >= 4 is 5.96 Å². The summed E-state index contributed by atoms with van der Waals surface area (Å²) in [5, 5.41) is 10.6. The van der Waals surface area contributed by atoms with Crippen molar-refractivity contribution in [2.45, 2.75) is 26.3 Å². The Balaban J connectivity index is 1.47. The Bertz CT molecular complexity index is 729. The van der Waals surface area contributed by atoms with E-state index in [-0.39, 0.29) is 0 Å². The van der Waals surface area contributed by atoms with Crippen LogP contribution in [0, 0.1) is 0 Å². The van der Waals surface area contributed by atoms with Gasteiger partial charge in [-0.2, -0.15) is 4.98 Å². The van der Waals surface area contributed by atoms with Gasteiger partial charge in [-0.1, -0.05) is 11.2 Å². The molecule has 0 radical (unpaired) electrons. The highest BCUT2D eigenvalue weighted by molar-refractivity contribution is 5.79. The fourth-order valence-electron chi connectivity index (χ4n) is 2.94. The van der Waals surface area contributed by atoms with Gasteiger partial charge < -0.3 is 19.9 Å². The van der Waals surface area contributed by atoms with Crippen molar-refractivity contribution in [2.24, 2.45) is 4.99 Å². The third-order valence-electron chi connectivity index (χ3n) is 4.52. The monoisotopic (exact) mass is 387 g/mol. The van der Waals surface area contributed by atoms with Crippen LogP contribution in [0.15, 0.2) is 33.9 Å². The molecule has 152 valence electrons. The topological polar surface area (TPSA) is 101 Å². The number of hydrogen-bond donors (Lipinski definition) is 2. The lowest BCUT2D eigenvalue weighted by molar-refractivity contribution is 0.0220. The highest BCUT2D eigenvalue weighted by Gasteiger charge is 2.16. The van der Waals surface area contributed by atoms with Crippen molar-refractivity contribution in [3.8, 4) is 11.6 Å². The van der Waals surface area contributed by atoms with Crippen molar-refractivity contribution in [3.63, 3.8) is 0 Å². The van der Waals surface area contributed by atoms with E-state index in [0.29, 0.717) is 36.4 Å². The molecule has 2 aromatic heterocycles. The molecule has 1 aliphatic heterocycles. The highest BCUT2D eigenvalue weighted by atomic mass is 16.5. The van der Waals surface area contributed by atoms with Crippen LogP contribution in [0.5, 0.6) is 0 Å². The number of hydrogen-bond acceptors (Lipinski definition) is 7. The number of aliphatic imine (C=N–C) groups is 1. The summed E-state index contributed by atoms with van der Waals surface area (Å²) in [5.74, 6) is 1.89. The number of nitrogens with one attached hydrogen (secondary N) is 2. The van der Waals surface area contributed by atoms with Crippen LogP contribution in [0.4, 0.5) is 0 Å². The first-order chi connectivity index (χ1) is 13.8. The van der Waals surface area contributed by atoms with Crippen LogP contribution in [-0.4, -0.2) is 78.0 Å². The molecule has 2 N–H and O–H groups in total. The maximum Gasteiger partial charge on any atom is 0.276 e. The summed E-state index contributed by atoms with van der Waals surface area (Å²) in [7, 11) is 0. The van der Waals surface area contributed by atoms with E-state index in [1.54, 1.807) is 6.20 Å². The minimum atomic E-state index is 0.387. The van der Waals surface area contributed by atoms with Crippen molar-refractivity contribution in [2.75, 3.05) is 45.9 Å². The molecule has 0 aliphatic carbocycles. The molecule has 3 heterocycles. The summed E-state index contributed by atoms with van der Waals surface area (Å²) in [6.07, 6.45) is 2.34. The van der Waals surface area contributed by atoms with Gasteiger partial charge in [-0.05, 0) is 26.0 Å². The molecular weight excluding hydrogens is 358 g/mol. The number of rotatable bonds is 8. The second-order valence-corrected chi connectivity index (χ2v) is 6.62. The van der Waals surface area contributed by atoms with Gasteiger partial charge in [0.2, 0.25) is 0 Å². The lowest BCUT2D eigenvalue weighted by Gasteiger charge is -2.31. The van der Waals surface area contributed by atoms with E-state index in [2.05, 4.69) is 44.5 Å². The fraction of sp³-hybridized carbons (Fsp3) is 0.579. The molecule has 1 atom stereocenters. The molecule has 1 fully saturated rings. The minimum absolute atomic E-state index is 0.387. The van der Waals surface area contributed by atoms with Gasteiger partial charge in [-0.3, -0.25) is 14.9 Å². The van der Waals surface area contributed by atoms with E-state index in [9.17, 15) is 0 Å². The molecule has 28 heavy (non-hydrogen) atoms. The van der Waals surface area contributed by atoms with Gasteiger partial charge in [-0.15, -0.1) is 0 Å². The molecule has 1 unspecified atom stereocenters. The summed E-state index contributed by atoms with van der Waals surface area (Å²) < 4.78 is 10.7. The van der Waals surface area contributed by atoms with Crippen LogP contribution in [-0.2, 0) is 11.2 Å². The van der Waals surface area contributed by atoms with Crippen molar-refractivity contribution in [1.29, 1.82) is 0 Å². The molecule has 2 aromatic rings. The number of guanidine groups is 1. The van der Waals surface area contributed by atoms with E-state index in [0.717, 1.165) is 45.4 Å². The number of ether oxygens (including phenoxy) is 1. The zero-order chi connectivity index (χ0) is 19.6. The van der Waals surface area contributed by atoms with E-state index in [4.69, 9.17) is 14.3 Å². The molecule has 9 nitrogen and oxygen atoms in total. The highest BCUT2D eigenvalue weighted by Crippen LogP contribution is 2.13. The molecule has 0 saturated carbocycles. The van der Waals surface area contributed by atoms with E-state index >= 15 is 0 Å². The number of nitrogens with zero attached hydrogens (tertiary/aromatic N) is 5. The van der Waals surface area contributed by atoms with Crippen molar-refractivity contribution in [3.05, 3.63) is 30.2 Å². The molecule has 9 heteroatoms. The Morgan fingerprint density at radius 1 is 1.29 bits per heavy atom. The second-order valence-electron chi connectivity index (χ2n) is 6.62. The summed E-state index contributed by atoms with van der Waals surface area (Å²) in [5.41, 5.74) is 0.682. The van der Waals surface area contributed by atoms with Crippen LogP contribution < -0.4 is 10.6 Å². The van der Waals surface area contributed by atoms with Crippen LogP contribution in [0.3, 0.4) is 0 Å². The van der Waals surface area contributed by atoms with Crippen molar-refractivity contribution in [1.82, 2.24) is 30.7 Å². The predicted molar refractivity (Wildman–Crippen MR) is 107 cm³/mol. The van der Waals surface area contributed by atoms with Crippen molar-refractivity contribution < 1.29 is 9.26 Å². The number of aromatic nitrogens is 3. The van der Waals surface area contributed by atoms with E-state index in [1.807, 2.05) is 18.2 Å². The van der Waals surface area contributed by atoms with Crippen LogP contribution in [0.2, 0.25) is 0 Å². The summed E-state index contributed by atoms with van der Waals surface area (Å²) in [4.78, 5) is 15.7. The summed E-state index contributed by atoms with van der Waals surface area (Å²) in [6, 6.07) is 5.98. The first kappa shape index (κ1) is 20.2. The maximum atomic E-state index is 5.41. The molecule has 0 amide bonds. The maximum absolute atomic E-state index is 5.41. The third-order valence-corrected chi connectivity index (χ3v) is 4.52. The second kappa shape index (κ2) is 10.7. The Labute approximate surface area is 165 Å². The normalized spacial score (nSPS) is 16.7. The fourth-order valence-corrected chi connectivity index (χ4v) is 2.94. The van der Waals surface area contributed by atoms with Gasteiger partial charge in [-0.25, -0.2) is 0 Å². The zero-order valence-electron chi connectivity index (χ0n) is 16.6. The summed E-state index contributed by atoms with van der Waals surface area (Å²) >= 11 is 0. The smallest absolute Gasteiger partial charge is 0.276 e. The molecule has 0 bridgehead atoms. The van der Waals surface area contributed by atoms with Crippen LogP contribution in [0.1, 0.15) is 19.7 Å². The quantitative estimate of drug-likeness (QED) is 0.510. The SMILES string of the molecule is CCNC(=NCC(C)N1CCOCC1)NCCc1noc(-c2ccccn2)n1. The molecule has 1 aliphatic rings. The zero-order valence-corrected chi connectivity index (χ0v) is 16.6. The molecule has 0 spiro atoms. The van der Waals surface area contributed by atoms with Gasteiger partial charge in [0, 0.05) is 44.8 Å². The molecular formula is C19H29N7O2. The van der Waals surface area contributed by atoms with E-state index < -0.39 is 0 Å². The molecule has 3 rings (SSSR count). The predicted octanol–water partition coefficient (Wildman–Crippen LogP) is 0.950. The van der Waals surface area contributed by atoms with Gasteiger partial charge in [0.15, 0.2) is 11.8 Å². The average Bonchev–Trinajstić information content (AvgIpc) is 3.22. The number of pyridine rings is 1. The number of morpholine rings is 1. The standard InChI is InChI=1S/C19H29N7O2/c1-3-20-19(23-14-15(2)26-10-12-27-13-11-26)22-9-7-17-24-18(28-25-17)16-6-4-5-8-21-16/h4-6,8,15H,3,7,9-14H2,1-2H3,(H2,20,22,23). The van der Waals surface area contributed by atoms with E-state index in [1.165, 1.54) is 0 Å². The molecule has 0 aromatic carbocycles. The Morgan fingerprint density at radius 2 is 2.14 bits per heavy atom. The van der Waals surface area contributed by atoms with Crippen LogP contribution >= 0.6 is 0 Å². The average molecular weight is 387 g/mol. The Hall–Kier alpha value is -2.52. The first-order valence-electron chi connectivity index (χ1n) is 9.84. The molecule has 1 saturated heterocycles. The Morgan fingerprint density at radius 3 is 2.89 bits per heavy atom.